The minimum absolute atomic E-state index is 0.0275. The summed E-state index contributed by atoms with van der Waals surface area (Å²) in [5.41, 5.74) is 4.64. The smallest absolute Gasteiger partial charge is 0.314 e. The SMILES string of the molecule is CC(OCNCCCOCCCNC(=O)NCCCOCCCNC(=O)C(C)[n+]1ccc(-c2ccccc2)cc1)[n+]1ccc(-c2ccccc2)cc1. The normalized spacial score (nSPS) is 12.2. The van der Waals surface area contributed by atoms with Crippen molar-refractivity contribution in [2.24, 2.45) is 0 Å². The molecule has 0 radical (unpaired) electrons. The second-order valence-electron chi connectivity index (χ2n) is 12.5. The van der Waals surface area contributed by atoms with Crippen LogP contribution in [0.5, 0.6) is 0 Å². The number of nitrogens with one attached hydrogen (secondary N) is 4. The second-order valence-corrected chi connectivity index (χ2v) is 12.5. The number of urea groups is 1. The van der Waals surface area contributed by atoms with Crippen LogP contribution >= 0.6 is 0 Å². The topological polar surface area (TPSA) is 118 Å². The Bertz CT molecular complexity index is 1560. The predicted molar refractivity (Wildman–Crippen MR) is 202 cm³/mol. The highest BCUT2D eigenvalue weighted by Gasteiger charge is 2.21. The van der Waals surface area contributed by atoms with Gasteiger partial charge in [-0.15, -0.1) is 0 Å². The number of rotatable bonds is 24. The number of nitrogens with zero attached hydrogens (tertiary/aromatic N) is 2. The minimum atomic E-state index is -0.306. The predicted octanol–water partition coefficient (Wildman–Crippen LogP) is 4.95. The highest BCUT2D eigenvalue weighted by Crippen LogP contribution is 2.18. The average Bonchev–Trinajstić information content (AvgIpc) is 3.19. The van der Waals surface area contributed by atoms with Gasteiger partial charge in [0.15, 0.2) is 24.8 Å². The number of hydrogen-bond acceptors (Lipinski definition) is 6. The maximum absolute atomic E-state index is 12.6. The molecule has 52 heavy (non-hydrogen) atoms. The zero-order valence-corrected chi connectivity index (χ0v) is 30.7. The number of aromatic nitrogens is 2. The average molecular weight is 713 g/mol. The molecule has 278 valence electrons. The fourth-order valence-electron chi connectivity index (χ4n) is 5.35. The molecule has 11 heteroatoms. The maximum Gasteiger partial charge on any atom is 0.314 e. The van der Waals surface area contributed by atoms with Gasteiger partial charge in [-0.1, -0.05) is 60.7 Å². The van der Waals surface area contributed by atoms with Gasteiger partial charge in [-0.25, -0.2) is 4.79 Å². The lowest BCUT2D eigenvalue weighted by atomic mass is 10.1. The molecule has 0 aliphatic rings. The van der Waals surface area contributed by atoms with Crippen molar-refractivity contribution in [1.29, 1.82) is 0 Å². The quantitative estimate of drug-likeness (QED) is 0.0465. The van der Waals surface area contributed by atoms with E-state index in [9.17, 15) is 9.59 Å². The molecule has 0 fully saturated rings. The van der Waals surface area contributed by atoms with Crippen LogP contribution in [0.4, 0.5) is 4.79 Å². The van der Waals surface area contributed by atoms with Crippen LogP contribution in [0.25, 0.3) is 22.3 Å². The monoisotopic (exact) mass is 712 g/mol. The lowest BCUT2D eigenvalue weighted by molar-refractivity contribution is -0.758. The van der Waals surface area contributed by atoms with Crippen LogP contribution in [0.2, 0.25) is 0 Å². The number of amides is 3. The van der Waals surface area contributed by atoms with Crippen molar-refractivity contribution in [3.05, 3.63) is 110 Å². The standard InChI is InChI=1S/C41H54N6O5/c1-34(46-25-17-38(18-26-46)36-13-5-3-6-14-36)40(48)43-22-10-30-51-32-12-24-45-41(49)44-23-11-31-50-29-9-21-42-33-52-35(2)47-27-19-39(20-28-47)37-15-7-4-8-16-37/h3-8,13-20,25-28,34-35,42H,9-12,21-24,29-33H2,1-2H3,(H-2,43,44,45,48,49)/p+2. The summed E-state index contributed by atoms with van der Waals surface area (Å²) in [5, 5.41) is 12.0. The zero-order chi connectivity index (χ0) is 36.6. The van der Waals surface area contributed by atoms with Gasteiger partial charge in [0.25, 0.3) is 12.1 Å². The lowest BCUT2D eigenvalue weighted by Crippen LogP contribution is -2.46. The highest BCUT2D eigenvalue weighted by molar-refractivity contribution is 5.78. The first kappa shape index (κ1) is 40.1. The number of pyridine rings is 2. The van der Waals surface area contributed by atoms with E-state index >= 15 is 0 Å². The summed E-state index contributed by atoms with van der Waals surface area (Å²) >= 11 is 0. The van der Waals surface area contributed by atoms with Crippen LogP contribution in [0, 0.1) is 0 Å². The van der Waals surface area contributed by atoms with E-state index in [1.54, 1.807) is 0 Å². The third kappa shape index (κ3) is 14.9. The summed E-state index contributed by atoms with van der Waals surface area (Å²) in [6, 6.07) is 28.2. The second kappa shape index (κ2) is 23.7. The first-order valence-corrected chi connectivity index (χ1v) is 18.4. The van der Waals surface area contributed by atoms with Gasteiger partial charge in [0.05, 0.1) is 0 Å². The van der Waals surface area contributed by atoms with E-state index in [1.807, 2.05) is 96.3 Å². The van der Waals surface area contributed by atoms with Crippen molar-refractivity contribution in [3.8, 4) is 22.3 Å². The van der Waals surface area contributed by atoms with Gasteiger partial charge in [-0.3, -0.25) is 10.1 Å². The number of benzene rings is 2. The number of carbonyl (C=O) groups is 2. The molecule has 0 spiro atoms. The van der Waals surface area contributed by atoms with Gasteiger partial charge in [-0.05, 0) is 54.5 Å². The molecule has 4 rings (SSSR count). The van der Waals surface area contributed by atoms with Crippen LogP contribution in [-0.4, -0.2) is 71.3 Å². The molecule has 0 bridgehead atoms. The van der Waals surface area contributed by atoms with E-state index in [2.05, 4.69) is 57.7 Å². The molecule has 11 nitrogen and oxygen atoms in total. The van der Waals surface area contributed by atoms with E-state index in [1.165, 1.54) is 11.1 Å². The van der Waals surface area contributed by atoms with E-state index < -0.39 is 0 Å². The Morgan fingerprint density at radius 3 is 1.48 bits per heavy atom. The van der Waals surface area contributed by atoms with Crippen LogP contribution in [0.15, 0.2) is 110 Å². The van der Waals surface area contributed by atoms with E-state index in [4.69, 9.17) is 14.2 Å². The van der Waals surface area contributed by atoms with Gasteiger partial charge in [-0.2, -0.15) is 9.13 Å². The number of carbonyl (C=O) groups excluding carboxylic acids is 2. The summed E-state index contributed by atoms with van der Waals surface area (Å²) in [6.45, 7) is 9.15. The van der Waals surface area contributed by atoms with Gasteiger partial charge < -0.3 is 30.2 Å². The van der Waals surface area contributed by atoms with Crippen molar-refractivity contribution in [1.82, 2.24) is 21.3 Å². The molecule has 2 aromatic carbocycles. The van der Waals surface area contributed by atoms with Crippen LogP contribution in [-0.2, 0) is 19.0 Å². The van der Waals surface area contributed by atoms with Gasteiger partial charge in [0.1, 0.15) is 6.73 Å². The highest BCUT2D eigenvalue weighted by atomic mass is 16.5. The molecule has 4 aromatic rings. The molecule has 2 aromatic heterocycles. The van der Waals surface area contributed by atoms with Crippen molar-refractivity contribution >= 4 is 11.9 Å². The van der Waals surface area contributed by atoms with Crippen LogP contribution in [0.1, 0.15) is 51.8 Å². The molecule has 0 aliphatic heterocycles. The van der Waals surface area contributed by atoms with Crippen LogP contribution in [0.3, 0.4) is 0 Å². The molecular weight excluding hydrogens is 656 g/mol. The summed E-state index contributed by atoms with van der Waals surface area (Å²) in [5.74, 6) is -0.0275. The molecule has 2 heterocycles. The van der Waals surface area contributed by atoms with Crippen molar-refractivity contribution in [3.63, 3.8) is 0 Å². The molecule has 0 saturated heterocycles. The molecular formula is C41H56N6O5+2. The maximum atomic E-state index is 12.6. The Labute approximate surface area is 308 Å². The van der Waals surface area contributed by atoms with Gasteiger partial charge in [0.2, 0.25) is 6.04 Å². The number of hydrogen-bond donors (Lipinski definition) is 4. The molecule has 3 amide bonds. The Morgan fingerprint density at radius 1 is 0.558 bits per heavy atom. The van der Waals surface area contributed by atoms with Crippen molar-refractivity contribution in [2.45, 2.75) is 51.8 Å². The van der Waals surface area contributed by atoms with E-state index in [0.717, 1.165) is 36.9 Å². The van der Waals surface area contributed by atoms with Crippen molar-refractivity contribution < 1.29 is 32.9 Å². The molecule has 4 N–H and O–H groups in total. The molecule has 2 atom stereocenters. The van der Waals surface area contributed by atoms with Crippen LogP contribution < -0.4 is 30.4 Å². The Balaban J connectivity index is 0.887. The lowest BCUT2D eigenvalue weighted by Gasteiger charge is -2.11. The Kier molecular flexibility index (Phi) is 18.3. The van der Waals surface area contributed by atoms with Crippen molar-refractivity contribution in [2.75, 3.05) is 59.3 Å². The van der Waals surface area contributed by atoms with Gasteiger partial charge >= 0.3 is 6.03 Å². The minimum Gasteiger partial charge on any atom is -0.381 e. The molecule has 0 aliphatic carbocycles. The third-order valence-corrected chi connectivity index (χ3v) is 8.50. The summed E-state index contributed by atoms with van der Waals surface area (Å²) < 4.78 is 21.2. The van der Waals surface area contributed by atoms with E-state index in [-0.39, 0.29) is 24.2 Å². The largest absolute Gasteiger partial charge is 0.381 e. The fraction of sp³-hybridized carbons (Fsp3) is 0.415. The van der Waals surface area contributed by atoms with Gasteiger partial charge in [0, 0.05) is 84.2 Å². The Hall–Kier alpha value is -4.68. The van der Waals surface area contributed by atoms with E-state index in [0.29, 0.717) is 59.2 Å². The first-order chi connectivity index (χ1) is 25.5. The Morgan fingerprint density at radius 2 is 0.981 bits per heavy atom. The molecule has 0 saturated carbocycles. The summed E-state index contributed by atoms with van der Waals surface area (Å²) in [7, 11) is 0. The summed E-state index contributed by atoms with van der Waals surface area (Å²) in [6.07, 6.45) is 10.9. The first-order valence-electron chi connectivity index (χ1n) is 18.4. The third-order valence-electron chi connectivity index (χ3n) is 8.50. The zero-order valence-electron chi connectivity index (χ0n) is 30.7. The molecule has 2 unspecified atom stereocenters. The number of ether oxygens (including phenoxy) is 3. The fourth-order valence-corrected chi connectivity index (χ4v) is 5.35. The summed E-state index contributed by atoms with van der Waals surface area (Å²) in [4.78, 5) is 24.6.